The molecule has 1 aliphatic rings. The number of hydrogen-bond donors (Lipinski definition) is 1. The number of thioether (sulfide) groups is 1. The summed E-state index contributed by atoms with van der Waals surface area (Å²) in [6.45, 7) is 7.25. The number of sulfonamides is 1. The van der Waals surface area contributed by atoms with E-state index in [1.807, 2.05) is 25.5 Å². The van der Waals surface area contributed by atoms with Gasteiger partial charge in [-0.25, -0.2) is 8.42 Å². The van der Waals surface area contributed by atoms with Gasteiger partial charge in [-0.3, -0.25) is 4.79 Å². The molecule has 9 nitrogen and oxygen atoms in total. The standard InChI is InChI=1S/C19H27N5O4S2/c1-13(2)17-21-22-19(23(17)4)29-14(3)18(25)20-15-6-5-7-16(12-15)30(26,27)24-8-10-28-11-9-24/h5-7,12-14H,8-11H2,1-4H3,(H,20,25). The van der Waals surface area contributed by atoms with Crippen LogP contribution in [0.4, 0.5) is 5.69 Å². The van der Waals surface area contributed by atoms with E-state index in [2.05, 4.69) is 15.5 Å². The van der Waals surface area contributed by atoms with Crippen molar-refractivity contribution >= 4 is 33.4 Å². The maximum Gasteiger partial charge on any atom is 0.243 e. The molecule has 0 radical (unpaired) electrons. The summed E-state index contributed by atoms with van der Waals surface area (Å²) in [6, 6.07) is 6.32. The Labute approximate surface area is 181 Å². The minimum atomic E-state index is -3.62. The van der Waals surface area contributed by atoms with Crippen molar-refractivity contribution in [1.82, 2.24) is 19.1 Å². The highest BCUT2D eigenvalue weighted by molar-refractivity contribution is 8.00. The van der Waals surface area contributed by atoms with Crippen LogP contribution in [0, 0.1) is 0 Å². The summed E-state index contributed by atoms with van der Waals surface area (Å²) in [5.41, 5.74) is 0.433. The predicted octanol–water partition coefficient (Wildman–Crippen LogP) is 2.08. The highest BCUT2D eigenvalue weighted by Crippen LogP contribution is 2.25. The first-order valence-electron chi connectivity index (χ1n) is 9.75. The minimum absolute atomic E-state index is 0.150. The second-order valence-electron chi connectivity index (χ2n) is 7.35. The lowest BCUT2D eigenvalue weighted by Crippen LogP contribution is -2.40. The maximum absolute atomic E-state index is 12.8. The van der Waals surface area contributed by atoms with Gasteiger partial charge in [0, 0.05) is 31.7 Å². The van der Waals surface area contributed by atoms with Crippen LogP contribution in [0.15, 0.2) is 34.3 Å². The predicted molar refractivity (Wildman–Crippen MR) is 115 cm³/mol. The Hall–Kier alpha value is -1.95. The van der Waals surface area contributed by atoms with Crippen molar-refractivity contribution in [2.75, 3.05) is 31.6 Å². The molecule has 1 N–H and O–H groups in total. The number of rotatable bonds is 7. The normalized spacial score (nSPS) is 16.6. The molecule has 1 aliphatic heterocycles. The zero-order chi connectivity index (χ0) is 21.9. The number of carbonyl (C=O) groups excluding carboxylic acids is 1. The van der Waals surface area contributed by atoms with Crippen LogP contribution in [0.5, 0.6) is 0 Å². The fraction of sp³-hybridized carbons (Fsp3) is 0.526. The number of ether oxygens (including phenoxy) is 1. The number of nitrogens with one attached hydrogen (secondary N) is 1. The van der Waals surface area contributed by atoms with E-state index in [1.54, 1.807) is 19.1 Å². The Balaban J connectivity index is 1.69. The molecule has 11 heteroatoms. The summed E-state index contributed by atoms with van der Waals surface area (Å²) in [5, 5.41) is 11.4. The van der Waals surface area contributed by atoms with Crippen LogP contribution in [0.2, 0.25) is 0 Å². The van der Waals surface area contributed by atoms with Crippen molar-refractivity contribution in [2.24, 2.45) is 7.05 Å². The van der Waals surface area contributed by atoms with Gasteiger partial charge in [-0.15, -0.1) is 10.2 Å². The van der Waals surface area contributed by atoms with E-state index in [1.165, 1.54) is 28.2 Å². The molecule has 0 aliphatic carbocycles. The topological polar surface area (TPSA) is 106 Å². The molecule has 164 valence electrons. The van der Waals surface area contributed by atoms with Crippen molar-refractivity contribution < 1.29 is 17.9 Å². The SMILES string of the molecule is CC(Sc1nnc(C(C)C)n1C)C(=O)Nc1cccc(S(=O)(=O)N2CCOCC2)c1. The monoisotopic (exact) mass is 453 g/mol. The van der Waals surface area contributed by atoms with Gasteiger partial charge in [0.25, 0.3) is 0 Å². The molecule has 1 fully saturated rings. The van der Waals surface area contributed by atoms with Crippen molar-refractivity contribution in [3.05, 3.63) is 30.1 Å². The summed E-state index contributed by atoms with van der Waals surface area (Å²) in [6.07, 6.45) is 0. The Morgan fingerprint density at radius 1 is 1.20 bits per heavy atom. The van der Waals surface area contributed by atoms with Crippen molar-refractivity contribution in [3.63, 3.8) is 0 Å². The average Bonchev–Trinajstić information content (AvgIpc) is 3.09. The molecule has 1 atom stereocenters. The molecule has 0 saturated carbocycles. The third kappa shape index (κ3) is 5.02. The molecule has 30 heavy (non-hydrogen) atoms. The molecule has 1 aromatic carbocycles. The number of nitrogens with zero attached hydrogens (tertiary/aromatic N) is 4. The van der Waals surface area contributed by atoms with Gasteiger partial charge < -0.3 is 14.6 Å². The van der Waals surface area contributed by atoms with E-state index in [0.717, 1.165) is 5.82 Å². The number of benzene rings is 1. The third-order valence-electron chi connectivity index (χ3n) is 4.75. The van der Waals surface area contributed by atoms with Gasteiger partial charge in [0.15, 0.2) is 5.16 Å². The van der Waals surface area contributed by atoms with Crippen LogP contribution in [0.25, 0.3) is 0 Å². The van der Waals surface area contributed by atoms with Gasteiger partial charge in [-0.2, -0.15) is 4.31 Å². The number of aromatic nitrogens is 3. The van der Waals surface area contributed by atoms with Crippen LogP contribution in [0.3, 0.4) is 0 Å². The Morgan fingerprint density at radius 2 is 1.90 bits per heavy atom. The van der Waals surface area contributed by atoms with Gasteiger partial charge in [0.05, 0.1) is 23.4 Å². The molecular formula is C19H27N5O4S2. The van der Waals surface area contributed by atoms with Crippen LogP contribution < -0.4 is 5.32 Å². The van der Waals surface area contributed by atoms with E-state index in [0.29, 0.717) is 37.1 Å². The molecule has 1 saturated heterocycles. The van der Waals surface area contributed by atoms with E-state index in [9.17, 15) is 13.2 Å². The molecule has 0 spiro atoms. The number of anilines is 1. The molecule has 0 bridgehead atoms. The summed E-state index contributed by atoms with van der Waals surface area (Å²) < 4.78 is 34.2. The molecule has 3 rings (SSSR count). The van der Waals surface area contributed by atoms with Crippen molar-refractivity contribution in [2.45, 2.75) is 42.0 Å². The number of morpholine rings is 1. The van der Waals surface area contributed by atoms with Gasteiger partial charge in [-0.1, -0.05) is 31.7 Å². The third-order valence-corrected chi connectivity index (χ3v) is 7.77. The first kappa shape index (κ1) is 22.7. The summed E-state index contributed by atoms with van der Waals surface area (Å²) in [7, 11) is -1.75. The number of hydrogen-bond acceptors (Lipinski definition) is 7. The molecular weight excluding hydrogens is 426 g/mol. The van der Waals surface area contributed by atoms with Crippen molar-refractivity contribution in [1.29, 1.82) is 0 Å². The molecule has 2 aromatic rings. The van der Waals surface area contributed by atoms with Crippen molar-refractivity contribution in [3.8, 4) is 0 Å². The molecule has 1 unspecified atom stereocenters. The Morgan fingerprint density at radius 3 is 2.53 bits per heavy atom. The first-order chi connectivity index (χ1) is 14.2. The smallest absolute Gasteiger partial charge is 0.243 e. The summed E-state index contributed by atoms with van der Waals surface area (Å²) in [4.78, 5) is 12.8. The lowest BCUT2D eigenvalue weighted by Gasteiger charge is -2.26. The highest BCUT2D eigenvalue weighted by Gasteiger charge is 2.27. The second kappa shape index (κ2) is 9.46. The van der Waals surface area contributed by atoms with Crippen LogP contribution in [-0.2, 0) is 26.6 Å². The van der Waals surface area contributed by atoms with E-state index >= 15 is 0 Å². The average molecular weight is 454 g/mol. The van der Waals surface area contributed by atoms with Gasteiger partial charge in [-0.05, 0) is 25.1 Å². The zero-order valence-electron chi connectivity index (χ0n) is 17.5. The Kier molecular flexibility index (Phi) is 7.17. The molecule has 1 amide bonds. The van der Waals surface area contributed by atoms with Crippen LogP contribution in [0.1, 0.15) is 32.5 Å². The minimum Gasteiger partial charge on any atom is -0.379 e. The van der Waals surface area contributed by atoms with E-state index in [-0.39, 0.29) is 16.7 Å². The molecule has 1 aromatic heterocycles. The second-order valence-corrected chi connectivity index (χ2v) is 10.6. The lowest BCUT2D eigenvalue weighted by atomic mass is 10.2. The van der Waals surface area contributed by atoms with Gasteiger partial charge in [0.2, 0.25) is 15.9 Å². The molecule has 2 heterocycles. The fourth-order valence-corrected chi connectivity index (χ4v) is 5.33. The van der Waals surface area contributed by atoms with Gasteiger partial charge in [0.1, 0.15) is 5.82 Å². The Bertz CT molecular complexity index is 1000. The number of amides is 1. The van der Waals surface area contributed by atoms with E-state index in [4.69, 9.17) is 4.74 Å². The lowest BCUT2D eigenvalue weighted by molar-refractivity contribution is -0.115. The maximum atomic E-state index is 12.8. The quantitative estimate of drug-likeness (QED) is 0.640. The van der Waals surface area contributed by atoms with Crippen LogP contribution in [-0.4, -0.2) is 64.9 Å². The summed E-state index contributed by atoms with van der Waals surface area (Å²) >= 11 is 1.31. The first-order valence-corrected chi connectivity index (χ1v) is 12.1. The van der Waals surface area contributed by atoms with E-state index < -0.39 is 15.3 Å². The largest absolute Gasteiger partial charge is 0.379 e. The fourth-order valence-electron chi connectivity index (χ4n) is 3.06. The highest BCUT2D eigenvalue weighted by atomic mass is 32.2. The zero-order valence-corrected chi connectivity index (χ0v) is 19.2. The van der Waals surface area contributed by atoms with Crippen LogP contribution >= 0.6 is 11.8 Å². The number of carbonyl (C=O) groups is 1. The van der Waals surface area contributed by atoms with Gasteiger partial charge >= 0.3 is 0 Å². The summed E-state index contributed by atoms with van der Waals surface area (Å²) in [5.74, 6) is 0.846.